The Morgan fingerprint density at radius 2 is 1.20 bits per heavy atom. The van der Waals surface area contributed by atoms with Gasteiger partial charge in [0.05, 0.1) is 11.7 Å². The predicted molar refractivity (Wildman–Crippen MR) is 82.2 cm³/mol. The van der Waals surface area contributed by atoms with Gasteiger partial charge in [-0.1, -0.05) is 60.7 Å². The lowest BCUT2D eigenvalue weighted by atomic mass is 10.1. The first kappa shape index (κ1) is 12.9. The average molecular weight is 298 g/mol. The number of hydrogen-bond donors (Lipinski definition) is 0. The van der Waals surface area contributed by atoms with E-state index >= 15 is 0 Å². The Balaban J connectivity index is 2.28. The van der Waals surface area contributed by atoms with Crippen molar-refractivity contribution in [2.24, 2.45) is 0 Å². The summed E-state index contributed by atoms with van der Waals surface area (Å²) in [6, 6.07) is 19.4. The lowest BCUT2D eigenvalue weighted by molar-refractivity contribution is 0.699. The number of nitrogens with zero attached hydrogens (tertiary/aromatic N) is 2. The summed E-state index contributed by atoms with van der Waals surface area (Å²) in [5.74, 6) is 0. The van der Waals surface area contributed by atoms with Crippen LogP contribution < -0.4 is 0 Å². The highest BCUT2D eigenvalue weighted by Crippen LogP contribution is 2.25. The molecular weight excluding hydrogens is 288 g/mol. The summed E-state index contributed by atoms with van der Waals surface area (Å²) < 4.78 is 20.8. The summed E-state index contributed by atoms with van der Waals surface area (Å²) in [4.78, 5) is 0. The third kappa shape index (κ3) is 2.45. The van der Waals surface area contributed by atoms with Crippen LogP contribution in [-0.4, -0.2) is 13.0 Å². The van der Waals surface area contributed by atoms with Crippen LogP contribution in [0, 0.1) is 4.51 Å². The Morgan fingerprint density at radius 1 is 0.750 bits per heavy atom. The zero-order chi connectivity index (χ0) is 13.8. The van der Waals surface area contributed by atoms with Crippen LogP contribution in [0.5, 0.6) is 0 Å². The second kappa shape index (κ2) is 5.90. The molecule has 0 bridgehead atoms. The van der Waals surface area contributed by atoms with E-state index in [1.165, 1.54) is 0 Å². The van der Waals surface area contributed by atoms with Crippen molar-refractivity contribution in [1.82, 2.24) is 8.75 Å². The average Bonchev–Trinajstić information content (AvgIpc) is 2.55. The van der Waals surface area contributed by atoms with Gasteiger partial charge >= 0.3 is 0 Å². The topological polar surface area (TPSA) is 42.9 Å². The lowest BCUT2D eigenvalue weighted by Gasteiger charge is -2.03. The summed E-state index contributed by atoms with van der Waals surface area (Å²) in [7, 11) is 0. The maximum atomic E-state index is 11.6. The van der Waals surface area contributed by atoms with Crippen molar-refractivity contribution in [3.05, 3.63) is 65.2 Å². The molecule has 0 aliphatic carbocycles. The van der Waals surface area contributed by atoms with Crippen LogP contribution >= 0.6 is 11.7 Å². The summed E-state index contributed by atoms with van der Waals surface area (Å²) in [6.07, 6.45) is 0. The smallest absolute Gasteiger partial charge is 0.122 e. The molecule has 20 heavy (non-hydrogen) atoms. The van der Waals surface area contributed by atoms with Crippen LogP contribution in [0.25, 0.3) is 22.5 Å². The molecule has 0 spiro atoms. The van der Waals surface area contributed by atoms with Gasteiger partial charge in [-0.15, -0.1) is 0 Å². The van der Waals surface area contributed by atoms with Gasteiger partial charge in [0.15, 0.2) is 0 Å². The van der Waals surface area contributed by atoms with Gasteiger partial charge in [0, 0.05) is 11.1 Å². The molecule has 98 valence electrons. The molecule has 0 unspecified atom stereocenters. The molecule has 0 amide bonds. The minimum Gasteiger partial charge on any atom is -0.212 e. The summed E-state index contributed by atoms with van der Waals surface area (Å²) in [5, 5.41) is 0. The molecule has 0 saturated heterocycles. The molecule has 3 aromatic rings. The molecule has 0 atom stereocenters. The number of aromatic nitrogens is 2. The van der Waals surface area contributed by atoms with E-state index in [0.717, 1.165) is 22.9 Å². The van der Waals surface area contributed by atoms with E-state index in [0.29, 0.717) is 27.2 Å². The van der Waals surface area contributed by atoms with E-state index in [-0.39, 0.29) is 0 Å². The Labute approximate surface area is 124 Å². The molecule has 0 radical (unpaired) electrons. The molecule has 0 aliphatic rings. The summed E-state index contributed by atoms with van der Waals surface area (Å²) >= 11 is 1.57. The van der Waals surface area contributed by atoms with Gasteiger partial charge in [0.2, 0.25) is 0 Å². The van der Waals surface area contributed by atoms with Gasteiger partial charge in [0.25, 0.3) is 0 Å². The lowest BCUT2D eigenvalue weighted by Crippen LogP contribution is -1.90. The SMILES string of the molecule is O=S=c1c(-c2ccccc2)nsnc1-c1ccccc1. The van der Waals surface area contributed by atoms with E-state index in [1.54, 1.807) is 0 Å². The first-order valence-corrected chi connectivity index (χ1v) is 7.48. The van der Waals surface area contributed by atoms with Crippen molar-refractivity contribution in [3.8, 4) is 22.5 Å². The first-order chi connectivity index (χ1) is 9.90. The van der Waals surface area contributed by atoms with Crippen molar-refractivity contribution in [3.63, 3.8) is 0 Å². The fraction of sp³-hybridized carbons (Fsp3) is 0. The Hall–Kier alpha value is -2.11. The minimum atomic E-state index is 0.443. The normalized spacial score (nSPS) is 10.2. The van der Waals surface area contributed by atoms with Gasteiger partial charge in [-0.05, 0) is 0 Å². The molecule has 2 aromatic carbocycles. The van der Waals surface area contributed by atoms with E-state index < -0.39 is 0 Å². The van der Waals surface area contributed by atoms with Crippen molar-refractivity contribution in [1.29, 1.82) is 0 Å². The highest BCUT2D eigenvalue weighted by molar-refractivity contribution is 7.57. The Kier molecular flexibility index (Phi) is 3.80. The minimum absolute atomic E-state index is 0.443. The Morgan fingerprint density at radius 3 is 1.60 bits per heavy atom. The summed E-state index contributed by atoms with van der Waals surface area (Å²) in [6.45, 7) is 0. The molecule has 0 N–H and O–H groups in total. The second-order valence-electron chi connectivity index (χ2n) is 4.11. The maximum Gasteiger partial charge on any atom is 0.122 e. The van der Waals surface area contributed by atoms with Crippen LogP contribution in [0.4, 0.5) is 0 Å². The van der Waals surface area contributed by atoms with Gasteiger partial charge in [-0.25, -0.2) is 4.21 Å². The van der Waals surface area contributed by atoms with Gasteiger partial charge in [-0.2, -0.15) is 8.75 Å². The molecule has 0 saturated carbocycles. The predicted octanol–water partition coefficient (Wildman–Crippen LogP) is 3.62. The quantitative estimate of drug-likeness (QED) is 0.679. The monoisotopic (exact) mass is 298 g/mol. The van der Waals surface area contributed by atoms with Crippen LogP contribution in [0.1, 0.15) is 0 Å². The first-order valence-electron chi connectivity index (χ1n) is 6.00. The van der Waals surface area contributed by atoms with Crippen molar-refractivity contribution in [2.75, 3.05) is 0 Å². The van der Waals surface area contributed by atoms with E-state index in [9.17, 15) is 4.21 Å². The van der Waals surface area contributed by atoms with E-state index in [4.69, 9.17) is 0 Å². The number of rotatable bonds is 2. The molecular formula is C15H10N2OS2. The highest BCUT2D eigenvalue weighted by atomic mass is 32.1. The van der Waals surface area contributed by atoms with Crippen LogP contribution in [-0.2, 0) is 11.3 Å². The third-order valence-corrected chi connectivity index (χ3v) is 3.95. The molecule has 0 aliphatic heterocycles. The number of hydrogen-bond acceptors (Lipinski definition) is 4. The Bertz CT molecular complexity index is 749. The molecule has 1 heterocycles. The zero-order valence-corrected chi connectivity index (χ0v) is 12.0. The number of benzene rings is 2. The molecule has 3 nitrogen and oxygen atoms in total. The molecule has 1 aromatic heterocycles. The second-order valence-corrected chi connectivity index (χ2v) is 5.21. The highest BCUT2D eigenvalue weighted by Gasteiger charge is 2.10. The fourth-order valence-corrected chi connectivity index (χ4v) is 3.13. The summed E-state index contributed by atoms with van der Waals surface area (Å²) in [5.41, 5.74) is 3.26. The van der Waals surface area contributed by atoms with Gasteiger partial charge in [-0.3, -0.25) is 0 Å². The molecule has 5 heteroatoms. The van der Waals surface area contributed by atoms with E-state index in [1.807, 2.05) is 60.7 Å². The van der Waals surface area contributed by atoms with Gasteiger partial charge in [0.1, 0.15) is 27.2 Å². The third-order valence-electron chi connectivity index (χ3n) is 2.87. The van der Waals surface area contributed by atoms with Crippen molar-refractivity contribution in [2.45, 2.75) is 0 Å². The van der Waals surface area contributed by atoms with Gasteiger partial charge < -0.3 is 0 Å². The van der Waals surface area contributed by atoms with Crippen molar-refractivity contribution < 1.29 is 4.21 Å². The van der Waals surface area contributed by atoms with Crippen LogP contribution in [0.2, 0.25) is 0 Å². The fourth-order valence-electron chi connectivity index (χ4n) is 1.94. The molecule has 0 fully saturated rings. The largest absolute Gasteiger partial charge is 0.212 e. The van der Waals surface area contributed by atoms with Crippen LogP contribution in [0.15, 0.2) is 60.7 Å². The van der Waals surface area contributed by atoms with Crippen molar-refractivity contribution >= 4 is 23.0 Å². The standard InChI is InChI=1S/C15H10N2OS2/c18-19-15-13(11-7-3-1-4-8-11)16-20-17-14(15)12-9-5-2-6-10-12/h1-10H. The molecule has 3 rings (SSSR count). The maximum absolute atomic E-state index is 11.6. The van der Waals surface area contributed by atoms with E-state index in [2.05, 4.69) is 8.75 Å². The zero-order valence-electron chi connectivity index (χ0n) is 10.4. The van der Waals surface area contributed by atoms with Crippen LogP contribution in [0.3, 0.4) is 0 Å².